The van der Waals surface area contributed by atoms with Crippen LogP contribution in [-0.4, -0.2) is 4.57 Å². The number of hydrogen-bond acceptors (Lipinski definition) is 0. The zero-order valence-corrected chi connectivity index (χ0v) is 24.1. The summed E-state index contributed by atoms with van der Waals surface area (Å²) in [6.07, 6.45) is 21.0. The van der Waals surface area contributed by atoms with E-state index in [0.717, 1.165) is 25.9 Å². The number of aromatic nitrogens is 2. The molecule has 1 aromatic heterocycles. The van der Waals surface area contributed by atoms with Gasteiger partial charge in [0.2, 0.25) is 0 Å². The summed E-state index contributed by atoms with van der Waals surface area (Å²) in [4.78, 5) is 0. The van der Waals surface area contributed by atoms with E-state index < -0.39 is 0 Å². The number of hydrogen-bond donors (Lipinski definition) is 0. The van der Waals surface area contributed by atoms with Gasteiger partial charge < -0.3 is 0 Å². The van der Waals surface area contributed by atoms with Crippen molar-refractivity contribution in [3.8, 4) is 0 Å². The molecule has 202 valence electrons. The molecule has 0 amide bonds. The lowest BCUT2D eigenvalue weighted by Crippen LogP contribution is -2.37. The predicted molar refractivity (Wildman–Crippen MR) is 159 cm³/mol. The zero-order valence-electron chi connectivity index (χ0n) is 24.1. The molecule has 0 spiro atoms. The van der Waals surface area contributed by atoms with Crippen molar-refractivity contribution in [1.82, 2.24) is 4.57 Å². The zero-order chi connectivity index (χ0) is 26.1. The van der Waals surface area contributed by atoms with Gasteiger partial charge in [0.15, 0.2) is 0 Å². The highest BCUT2D eigenvalue weighted by molar-refractivity contribution is 5.22. The van der Waals surface area contributed by atoms with Crippen molar-refractivity contribution in [3.63, 3.8) is 0 Å². The van der Waals surface area contributed by atoms with E-state index >= 15 is 0 Å². The maximum atomic E-state index is 2.70. The first kappa shape index (κ1) is 29.2. The van der Waals surface area contributed by atoms with Gasteiger partial charge in [-0.15, -0.1) is 0 Å². The summed E-state index contributed by atoms with van der Waals surface area (Å²) in [7, 11) is 0. The van der Waals surface area contributed by atoms with Crippen molar-refractivity contribution in [2.75, 3.05) is 0 Å². The second-order valence-corrected chi connectivity index (χ2v) is 11.1. The van der Waals surface area contributed by atoms with Crippen molar-refractivity contribution in [2.45, 2.75) is 130 Å². The van der Waals surface area contributed by atoms with Gasteiger partial charge in [-0.3, -0.25) is 0 Å². The number of imidazole rings is 1. The molecule has 2 nitrogen and oxygen atoms in total. The minimum Gasteiger partial charge on any atom is -0.234 e. The van der Waals surface area contributed by atoms with Crippen LogP contribution in [0.15, 0.2) is 66.9 Å². The van der Waals surface area contributed by atoms with E-state index in [0.29, 0.717) is 5.92 Å². The second kappa shape index (κ2) is 17.2. The van der Waals surface area contributed by atoms with Crippen LogP contribution in [0.2, 0.25) is 0 Å². The largest absolute Gasteiger partial charge is 0.261 e. The van der Waals surface area contributed by atoms with E-state index in [1.807, 2.05) is 0 Å². The van der Waals surface area contributed by atoms with Gasteiger partial charge in [0.25, 0.3) is 5.82 Å². The Kier molecular flexibility index (Phi) is 13.6. The molecule has 0 bridgehead atoms. The average Bonchev–Trinajstić information content (AvgIpc) is 3.24. The number of unbranched alkanes of at least 4 members (excludes halogenated alkanes) is 10. The molecule has 1 unspecified atom stereocenters. The highest BCUT2D eigenvalue weighted by atomic mass is 15.2. The molecular formula is C35H53N2+. The molecule has 37 heavy (non-hydrogen) atoms. The fraction of sp³-hybridized carbons (Fsp3) is 0.571. The van der Waals surface area contributed by atoms with Crippen LogP contribution in [0.4, 0.5) is 0 Å². The van der Waals surface area contributed by atoms with E-state index in [1.54, 1.807) is 0 Å². The average molecular weight is 502 g/mol. The van der Waals surface area contributed by atoms with Crippen LogP contribution < -0.4 is 4.57 Å². The predicted octanol–water partition coefficient (Wildman–Crippen LogP) is 9.43. The van der Waals surface area contributed by atoms with Gasteiger partial charge in [0.1, 0.15) is 11.9 Å². The molecule has 1 heterocycles. The molecule has 0 radical (unpaired) electrons. The molecular weight excluding hydrogens is 448 g/mol. The Morgan fingerprint density at radius 2 is 1.24 bits per heavy atom. The molecule has 0 N–H and O–H groups in total. The Hall–Kier alpha value is -2.35. The van der Waals surface area contributed by atoms with Crippen LogP contribution in [0.3, 0.4) is 0 Å². The Morgan fingerprint density at radius 3 is 1.86 bits per heavy atom. The van der Waals surface area contributed by atoms with E-state index in [1.165, 1.54) is 99.7 Å². The Balaban J connectivity index is 1.70. The lowest BCUT2D eigenvalue weighted by molar-refractivity contribution is -0.704. The van der Waals surface area contributed by atoms with Crippen LogP contribution in [0.5, 0.6) is 0 Å². The smallest absolute Gasteiger partial charge is 0.234 e. The maximum Gasteiger partial charge on any atom is 0.261 e. The summed E-state index contributed by atoms with van der Waals surface area (Å²) in [6, 6.07) is 22.1. The van der Waals surface area contributed by atoms with Crippen molar-refractivity contribution in [2.24, 2.45) is 0 Å². The third kappa shape index (κ3) is 10.1. The first-order valence-electron chi connectivity index (χ1n) is 15.4. The quantitative estimate of drug-likeness (QED) is 0.114. The van der Waals surface area contributed by atoms with Crippen LogP contribution >= 0.6 is 0 Å². The second-order valence-electron chi connectivity index (χ2n) is 11.1. The van der Waals surface area contributed by atoms with E-state index in [4.69, 9.17) is 0 Å². The first-order chi connectivity index (χ1) is 18.2. The summed E-state index contributed by atoms with van der Waals surface area (Å²) in [5, 5.41) is 0. The van der Waals surface area contributed by atoms with E-state index in [9.17, 15) is 0 Å². The molecule has 2 aromatic carbocycles. The maximum absolute atomic E-state index is 2.70. The van der Waals surface area contributed by atoms with Crippen LogP contribution in [0.25, 0.3) is 0 Å². The molecule has 3 rings (SSSR count). The van der Waals surface area contributed by atoms with Gasteiger partial charge in [-0.2, -0.15) is 0 Å². The molecule has 0 saturated heterocycles. The van der Waals surface area contributed by atoms with E-state index in [-0.39, 0.29) is 0 Å². The van der Waals surface area contributed by atoms with Crippen LogP contribution in [-0.2, 0) is 25.9 Å². The van der Waals surface area contributed by atoms with Crippen LogP contribution in [0, 0.1) is 0 Å². The van der Waals surface area contributed by atoms with E-state index in [2.05, 4.69) is 96.8 Å². The number of aryl methyl sites for hydroxylation is 1. The number of rotatable bonds is 19. The van der Waals surface area contributed by atoms with Crippen molar-refractivity contribution < 1.29 is 4.57 Å². The monoisotopic (exact) mass is 501 g/mol. The molecule has 0 aliphatic heterocycles. The Bertz CT molecular complexity index is 973. The molecule has 0 aliphatic rings. The van der Waals surface area contributed by atoms with Gasteiger partial charge in [-0.05, 0) is 36.3 Å². The molecule has 1 atom stereocenters. The standard InChI is InChI=1S/C35H53N2/c1-4-6-8-9-10-11-12-13-14-21-27-37-34(28-31(3)33-24-19-16-20-25-33)30-36(26-7-5-2)35(37)29-32-22-17-15-18-23-32/h15-20,22-25,30-31H,4-14,21,26-29H2,1-3H3/q+1. The molecule has 0 saturated carbocycles. The topological polar surface area (TPSA) is 8.81 Å². The molecule has 3 aromatic rings. The lowest BCUT2D eigenvalue weighted by Gasteiger charge is -2.12. The highest BCUT2D eigenvalue weighted by Gasteiger charge is 2.24. The third-order valence-electron chi connectivity index (χ3n) is 7.87. The van der Waals surface area contributed by atoms with Gasteiger partial charge in [-0.25, -0.2) is 9.13 Å². The minimum atomic E-state index is 0.520. The Morgan fingerprint density at radius 1 is 0.676 bits per heavy atom. The van der Waals surface area contributed by atoms with Crippen molar-refractivity contribution >= 4 is 0 Å². The van der Waals surface area contributed by atoms with Gasteiger partial charge in [0, 0.05) is 6.42 Å². The minimum absolute atomic E-state index is 0.520. The lowest BCUT2D eigenvalue weighted by atomic mass is 9.96. The fourth-order valence-corrected chi connectivity index (χ4v) is 5.55. The molecule has 0 fully saturated rings. The van der Waals surface area contributed by atoms with Crippen molar-refractivity contribution in [3.05, 3.63) is 89.5 Å². The SMILES string of the molecule is CCCCCCCCCCCCn1c(CC(C)c2ccccc2)c[n+](CCCC)c1Cc1ccccc1. The van der Waals surface area contributed by atoms with Crippen molar-refractivity contribution in [1.29, 1.82) is 0 Å². The third-order valence-corrected chi connectivity index (χ3v) is 7.87. The van der Waals surface area contributed by atoms with Gasteiger partial charge in [-0.1, -0.05) is 139 Å². The summed E-state index contributed by atoms with van der Waals surface area (Å²) >= 11 is 0. The highest BCUT2D eigenvalue weighted by Crippen LogP contribution is 2.22. The summed E-state index contributed by atoms with van der Waals surface area (Å²) in [5.41, 5.74) is 4.37. The summed E-state index contributed by atoms with van der Waals surface area (Å²) < 4.78 is 5.28. The summed E-state index contributed by atoms with van der Waals surface area (Å²) in [6.45, 7) is 9.26. The number of benzene rings is 2. The van der Waals surface area contributed by atoms with Gasteiger partial charge in [0.05, 0.1) is 19.5 Å². The summed E-state index contributed by atoms with van der Waals surface area (Å²) in [5.74, 6) is 2.01. The first-order valence-corrected chi connectivity index (χ1v) is 15.4. The Labute approximate surface area is 228 Å². The van der Waals surface area contributed by atoms with Crippen LogP contribution in [0.1, 0.15) is 126 Å². The normalized spacial score (nSPS) is 12.2. The molecule has 2 heteroatoms. The number of nitrogens with zero attached hydrogens (tertiary/aromatic N) is 2. The fourth-order valence-electron chi connectivity index (χ4n) is 5.55. The molecule has 0 aliphatic carbocycles. The van der Waals surface area contributed by atoms with Gasteiger partial charge >= 0.3 is 0 Å².